The maximum Gasteiger partial charge on any atom is 0.158 e. The van der Waals surface area contributed by atoms with E-state index in [1.54, 1.807) is 18.7 Å². The number of anilines is 1. The van der Waals surface area contributed by atoms with Crippen molar-refractivity contribution in [1.82, 2.24) is 19.6 Å². The van der Waals surface area contributed by atoms with E-state index in [0.717, 1.165) is 64.8 Å². The molecule has 4 aromatic heterocycles. The Kier molecular flexibility index (Phi) is 4.78. The minimum atomic E-state index is -0.860. The summed E-state index contributed by atoms with van der Waals surface area (Å²) >= 11 is 0. The molecule has 4 aromatic rings. The molecule has 0 spiro atoms. The minimum Gasteiger partial charge on any atom is -0.469 e. The summed E-state index contributed by atoms with van der Waals surface area (Å²) in [5, 5.41) is 16.3. The Bertz CT molecular complexity index is 1230. The van der Waals surface area contributed by atoms with Crippen LogP contribution < -0.4 is 4.90 Å². The van der Waals surface area contributed by atoms with Crippen LogP contribution in [-0.2, 0) is 5.60 Å². The van der Waals surface area contributed by atoms with Gasteiger partial charge in [-0.25, -0.2) is 4.98 Å². The molecule has 0 aromatic carbocycles. The number of fused-ring (bicyclic) bond motifs is 1. The Labute approximate surface area is 181 Å². The summed E-state index contributed by atoms with van der Waals surface area (Å²) in [4.78, 5) is 11.3. The van der Waals surface area contributed by atoms with Gasteiger partial charge < -0.3 is 14.4 Å². The van der Waals surface area contributed by atoms with Gasteiger partial charge in [-0.3, -0.25) is 4.98 Å². The van der Waals surface area contributed by atoms with Crippen LogP contribution in [0.2, 0.25) is 0 Å². The second kappa shape index (κ2) is 7.50. The molecule has 5 heterocycles. The van der Waals surface area contributed by atoms with E-state index < -0.39 is 5.60 Å². The number of aliphatic hydroxyl groups is 1. The van der Waals surface area contributed by atoms with Crippen molar-refractivity contribution < 1.29 is 9.52 Å². The molecule has 0 aliphatic carbocycles. The van der Waals surface area contributed by atoms with Gasteiger partial charge >= 0.3 is 0 Å². The first-order chi connectivity index (χ1) is 15.0. The number of rotatable bonds is 3. The first kappa shape index (κ1) is 19.8. The Balaban J connectivity index is 1.54. The number of aromatic nitrogens is 4. The largest absolute Gasteiger partial charge is 0.469 e. The molecule has 1 atom stereocenters. The third-order valence-electron chi connectivity index (χ3n) is 6.50. The molecule has 1 aliphatic heterocycles. The summed E-state index contributed by atoms with van der Waals surface area (Å²) in [6, 6.07) is 7.81. The average Bonchev–Trinajstić information content (AvgIpc) is 3.32. The van der Waals surface area contributed by atoms with Gasteiger partial charge in [-0.2, -0.15) is 9.61 Å². The molecule has 7 heteroatoms. The zero-order valence-corrected chi connectivity index (χ0v) is 18.2. The van der Waals surface area contributed by atoms with Gasteiger partial charge in [0, 0.05) is 53.9 Å². The third kappa shape index (κ3) is 3.39. The smallest absolute Gasteiger partial charge is 0.158 e. The average molecular weight is 418 g/mol. The molecule has 31 heavy (non-hydrogen) atoms. The highest BCUT2D eigenvalue weighted by atomic mass is 16.3. The standard InChI is InChI=1S/C24H27N5O2/c1-16-17(2)26-22-14-21(20-7-13-31-18(20)3)27-29(22)23(16)28-11-5-8-24(30,9-12-28)19-6-4-10-25-15-19/h4,6-7,10,13-15,30H,5,8-9,11-12H2,1-3H3/t24-/m0/s1. The summed E-state index contributed by atoms with van der Waals surface area (Å²) in [5.41, 5.74) is 4.78. The molecule has 1 aliphatic rings. The number of furan rings is 1. The van der Waals surface area contributed by atoms with Gasteiger partial charge in [0.25, 0.3) is 0 Å². The fraction of sp³-hybridized carbons (Fsp3) is 0.375. The fourth-order valence-corrected chi connectivity index (χ4v) is 4.59. The molecule has 1 saturated heterocycles. The van der Waals surface area contributed by atoms with Gasteiger partial charge in [0.1, 0.15) is 11.6 Å². The first-order valence-corrected chi connectivity index (χ1v) is 10.8. The van der Waals surface area contributed by atoms with E-state index in [4.69, 9.17) is 14.5 Å². The zero-order valence-electron chi connectivity index (χ0n) is 18.2. The second-order valence-electron chi connectivity index (χ2n) is 8.45. The molecule has 0 radical (unpaired) electrons. The van der Waals surface area contributed by atoms with Crippen molar-refractivity contribution in [2.75, 3.05) is 18.0 Å². The van der Waals surface area contributed by atoms with Crippen molar-refractivity contribution in [2.24, 2.45) is 0 Å². The molecule has 1 fully saturated rings. The van der Waals surface area contributed by atoms with Gasteiger partial charge in [0.15, 0.2) is 5.65 Å². The van der Waals surface area contributed by atoms with Crippen LogP contribution in [0.1, 0.15) is 41.8 Å². The number of hydrogen-bond donors (Lipinski definition) is 1. The molecular weight excluding hydrogens is 390 g/mol. The van der Waals surface area contributed by atoms with Gasteiger partial charge in [-0.15, -0.1) is 0 Å². The van der Waals surface area contributed by atoms with E-state index >= 15 is 0 Å². The molecule has 7 nitrogen and oxygen atoms in total. The van der Waals surface area contributed by atoms with E-state index in [9.17, 15) is 5.11 Å². The van der Waals surface area contributed by atoms with E-state index in [-0.39, 0.29) is 0 Å². The summed E-state index contributed by atoms with van der Waals surface area (Å²) in [7, 11) is 0. The molecule has 160 valence electrons. The van der Waals surface area contributed by atoms with Crippen molar-refractivity contribution in [3.8, 4) is 11.3 Å². The first-order valence-electron chi connectivity index (χ1n) is 10.8. The molecular formula is C24H27N5O2. The highest BCUT2D eigenvalue weighted by Gasteiger charge is 2.33. The van der Waals surface area contributed by atoms with E-state index in [2.05, 4.69) is 16.8 Å². The lowest BCUT2D eigenvalue weighted by Gasteiger charge is -2.28. The lowest BCUT2D eigenvalue weighted by Crippen LogP contribution is -2.31. The van der Waals surface area contributed by atoms with Crippen LogP contribution in [0.15, 0.2) is 47.3 Å². The predicted molar refractivity (Wildman–Crippen MR) is 119 cm³/mol. The van der Waals surface area contributed by atoms with Crippen LogP contribution in [-0.4, -0.2) is 37.8 Å². The van der Waals surface area contributed by atoms with Crippen LogP contribution in [0.3, 0.4) is 0 Å². The van der Waals surface area contributed by atoms with Crippen LogP contribution >= 0.6 is 0 Å². The Morgan fingerprint density at radius 3 is 2.74 bits per heavy atom. The van der Waals surface area contributed by atoms with Crippen molar-refractivity contribution >= 4 is 11.5 Å². The minimum absolute atomic E-state index is 0.635. The Morgan fingerprint density at radius 2 is 2.00 bits per heavy atom. The normalized spacial score (nSPS) is 19.7. The summed E-state index contributed by atoms with van der Waals surface area (Å²) in [6.07, 6.45) is 7.43. The fourth-order valence-electron chi connectivity index (χ4n) is 4.59. The quantitative estimate of drug-likeness (QED) is 0.538. The van der Waals surface area contributed by atoms with Gasteiger partial charge in [0.05, 0.1) is 17.6 Å². The summed E-state index contributed by atoms with van der Waals surface area (Å²) in [5.74, 6) is 1.89. The van der Waals surface area contributed by atoms with Gasteiger partial charge in [-0.1, -0.05) is 6.07 Å². The molecule has 5 rings (SSSR count). The van der Waals surface area contributed by atoms with Crippen LogP contribution in [0.25, 0.3) is 16.9 Å². The lowest BCUT2D eigenvalue weighted by atomic mass is 9.88. The van der Waals surface area contributed by atoms with Gasteiger partial charge in [-0.05, 0) is 52.2 Å². The number of aryl methyl sites for hydroxylation is 2. The highest BCUT2D eigenvalue weighted by Crippen LogP contribution is 2.35. The van der Waals surface area contributed by atoms with Gasteiger partial charge in [0.2, 0.25) is 0 Å². The SMILES string of the molecule is Cc1nc2cc(-c3ccoc3C)nn2c(N2CCC[C@@](O)(c3cccnc3)CC2)c1C. The number of hydrogen-bond acceptors (Lipinski definition) is 6. The van der Waals surface area contributed by atoms with Crippen LogP contribution in [0.5, 0.6) is 0 Å². The maximum absolute atomic E-state index is 11.4. The second-order valence-corrected chi connectivity index (χ2v) is 8.45. The van der Waals surface area contributed by atoms with E-state index in [1.165, 1.54) is 0 Å². The van der Waals surface area contributed by atoms with Crippen LogP contribution in [0, 0.1) is 20.8 Å². The van der Waals surface area contributed by atoms with E-state index in [1.807, 2.05) is 42.6 Å². The lowest BCUT2D eigenvalue weighted by molar-refractivity contribution is 0.0241. The zero-order chi connectivity index (χ0) is 21.6. The van der Waals surface area contributed by atoms with Crippen molar-refractivity contribution in [3.05, 3.63) is 65.5 Å². The van der Waals surface area contributed by atoms with Crippen LogP contribution in [0.4, 0.5) is 5.82 Å². The molecule has 0 bridgehead atoms. The molecule has 0 saturated carbocycles. The van der Waals surface area contributed by atoms with Crippen molar-refractivity contribution in [1.29, 1.82) is 0 Å². The summed E-state index contributed by atoms with van der Waals surface area (Å²) < 4.78 is 7.42. The topological polar surface area (TPSA) is 79.7 Å². The molecule has 0 amide bonds. The number of pyridine rings is 1. The Morgan fingerprint density at radius 1 is 1.13 bits per heavy atom. The molecule has 0 unspecified atom stereocenters. The van der Waals surface area contributed by atoms with Crippen molar-refractivity contribution in [3.63, 3.8) is 0 Å². The number of nitrogens with zero attached hydrogens (tertiary/aromatic N) is 5. The highest BCUT2D eigenvalue weighted by molar-refractivity contribution is 5.68. The monoisotopic (exact) mass is 417 g/mol. The van der Waals surface area contributed by atoms with E-state index in [0.29, 0.717) is 12.8 Å². The molecule has 1 N–H and O–H groups in total. The predicted octanol–water partition coefficient (Wildman–Crippen LogP) is 4.19. The third-order valence-corrected chi connectivity index (χ3v) is 6.50. The maximum atomic E-state index is 11.4. The Hall–Kier alpha value is -3.19. The summed E-state index contributed by atoms with van der Waals surface area (Å²) in [6.45, 7) is 7.66. The van der Waals surface area contributed by atoms with Crippen molar-refractivity contribution in [2.45, 2.75) is 45.6 Å².